The van der Waals surface area contributed by atoms with Gasteiger partial charge in [0, 0.05) is 17.3 Å². The van der Waals surface area contributed by atoms with Gasteiger partial charge in [-0.05, 0) is 25.5 Å². The maximum Gasteiger partial charge on any atom is 0.341 e. The van der Waals surface area contributed by atoms with Gasteiger partial charge in [0.2, 0.25) is 0 Å². The average molecular weight is 382 g/mol. The van der Waals surface area contributed by atoms with Crippen molar-refractivity contribution in [1.29, 1.82) is 0 Å². The SMILES string of the molecule is C=COC(=O)C1=C(C)N=C(C)C(C(=O)OC)C1c1cccc(Cl)c1Cl. The normalized spacial score (nSPS) is 20.0. The van der Waals surface area contributed by atoms with Gasteiger partial charge in [-0.3, -0.25) is 9.79 Å². The molecule has 0 aromatic heterocycles. The summed E-state index contributed by atoms with van der Waals surface area (Å²) in [7, 11) is 1.28. The van der Waals surface area contributed by atoms with Gasteiger partial charge >= 0.3 is 11.9 Å². The topological polar surface area (TPSA) is 65.0 Å². The zero-order valence-corrected chi connectivity index (χ0v) is 15.5. The van der Waals surface area contributed by atoms with Crippen LogP contribution in [0, 0.1) is 5.92 Å². The molecule has 132 valence electrons. The van der Waals surface area contributed by atoms with Crippen LogP contribution in [0.5, 0.6) is 0 Å². The standard InChI is InChI=1S/C18H17Cl2NO4/c1-5-25-18(23)14-10(3)21-9(2)13(17(22)24-4)15(14)11-7-6-8-12(19)16(11)20/h5-8,13,15H,1H2,2-4H3. The van der Waals surface area contributed by atoms with Gasteiger partial charge < -0.3 is 9.47 Å². The van der Waals surface area contributed by atoms with E-state index in [0.717, 1.165) is 6.26 Å². The summed E-state index contributed by atoms with van der Waals surface area (Å²) < 4.78 is 9.85. The van der Waals surface area contributed by atoms with Crippen LogP contribution in [0.4, 0.5) is 0 Å². The fourth-order valence-corrected chi connectivity index (χ4v) is 3.40. The molecule has 1 aromatic carbocycles. The Morgan fingerprint density at radius 2 is 1.96 bits per heavy atom. The number of aliphatic imine (C=N–C) groups is 1. The number of hydrogen-bond acceptors (Lipinski definition) is 5. The highest BCUT2D eigenvalue weighted by atomic mass is 35.5. The molecule has 0 fully saturated rings. The number of carbonyl (C=O) groups excluding carboxylic acids is 2. The Morgan fingerprint density at radius 1 is 1.28 bits per heavy atom. The second kappa shape index (κ2) is 7.85. The highest BCUT2D eigenvalue weighted by molar-refractivity contribution is 6.42. The van der Waals surface area contributed by atoms with Gasteiger partial charge in [-0.25, -0.2) is 4.79 Å². The first-order chi connectivity index (χ1) is 11.8. The van der Waals surface area contributed by atoms with Crippen molar-refractivity contribution in [2.45, 2.75) is 19.8 Å². The number of hydrogen-bond donors (Lipinski definition) is 0. The maximum absolute atomic E-state index is 12.5. The first kappa shape index (κ1) is 19.2. The maximum atomic E-state index is 12.5. The molecule has 2 rings (SSSR count). The van der Waals surface area contributed by atoms with Gasteiger partial charge in [0.15, 0.2) is 0 Å². The second-order valence-electron chi connectivity index (χ2n) is 5.45. The molecule has 5 nitrogen and oxygen atoms in total. The highest BCUT2D eigenvalue weighted by Gasteiger charge is 2.43. The van der Waals surface area contributed by atoms with Crippen molar-refractivity contribution in [1.82, 2.24) is 0 Å². The van der Waals surface area contributed by atoms with Gasteiger partial charge in [-0.2, -0.15) is 0 Å². The number of ether oxygens (including phenoxy) is 2. The molecule has 0 spiro atoms. The zero-order chi connectivity index (χ0) is 18.7. The Bertz CT molecular complexity index is 798. The van der Waals surface area contributed by atoms with E-state index in [4.69, 9.17) is 32.7 Å². The quantitative estimate of drug-likeness (QED) is 0.575. The van der Waals surface area contributed by atoms with Gasteiger partial charge in [-0.15, -0.1) is 0 Å². The van der Waals surface area contributed by atoms with Gasteiger partial charge in [0.05, 0.1) is 29.0 Å². The summed E-state index contributed by atoms with van der Waals surface area (Å²) in [5.74, 6) is -2.74. The van der Waals surface area contributed by atoms with Crippen LogP contribution in [-0.4, -0.2) is 24.8 Å². The molecule has 25 heavy (non-hydrogen) atoms. The van der Waals surface area contributed by atoms with Crippen LogP contribution in [-0.2, 0) is 19.1 Å². The number of benzene rings is 1. The van der Waals surface area contributed by atoms with Crippen LogP contribution in [0.3, 0.4) is 0 Å². The molecule has 2 atom stereocenters. The van der Waals surface area contributed by atoms with E-state index in [2.05, 4.69) is 11.6 Å². The lowest BCUT2D eigenvalue weighted by Gasteiger charge is -2.31. The second-order valence-corrected chi connectivity index (χ2v) is 6.23. The minimum Gasteiger partial charge on any atom is -0.468 e. The Morgan fingerprint density at radius 3 is 2.56 bits per heavy atom. The summed E-state index contributed by atoms with van der Waals surface area (Å²) in [5, 5.41) is 0.575. The number of methoxy groups -OCH3 is 1. The number of carbonyl (C=O) groups is 2. The zero-order valence-electron chi connectivity index (χ0n) is 14.0. The van der Waals surface area contributed by atoms with E-state index >= 15 is 0 Å². The smallest absolute Gasteiger partial charge is 0.341 e. The molecule has 0 N–H and O–H groups in total. The van der Waals surface area contributed by atoms with Crippen molar-refractivity contribution in [2.24, 2.45) is 10.9 Å². The van der Waals surface area contributed by atoms with Gasteiger partial charge in [0.25, 0.3) is 0 Å². The third-order valence-electron chi connectivity index (χ3n) is 4.01. The Labute approximate surface area is 155 Å². The highest BCUT2D eigenvalue weighted by Crippen LogP contribution is 2.44. The molecular formula is C18H17Cl2NO4. The average Bonchev–Trinajstić information content (AvgIpc) is 2.56. The van der Waals surface area contributed by atoms with Crippen molar-refractivity contribution >= 4 is 40.9 Å². The molecule has 0 saturated heterocycles. The lowest BCUT2D eigenvalue weighted by molar-refractivity contribution is -0.143. The lowest BCUT2D eigenvalue weighted by atomic mass is 9.75. The van der Waals surface area contributed by atoms with E-state index in [9.17, 15) is 9.59 Å². The van der Waals surface area contributed by atoms with Crippen molar-refractivity contribution in [3.8, 4) is 0 Å². The minimum atomic E-state index is -0.822. The van der Waals surface area contributed by atoms with Gasteiger partial charge in [-0.1, -0.05) is 41.9 Å². The summed E-state index contributed by atoms with van der Waals surface area (Å²) in [6.45, 7) is 6.76. The molecule has 1 aromatic rings. The summed E-state index contributed by atoms with van der Waals surface area (Å²) in [4.78, 5) is 29.2. The minimum absolute atomic E-state index is 0.213. The van der Waals surface area contributed by atoms with E-state index in [0.29, 0.717) is 22.0 Å². The summed E-state index contributed by atoms with van der Waals surface area (Å²) in [6, 6.07) is 5.04. The molecule has 0 radical (unpaired) electrons. The molecule has 0 amide bonds. The Hall–Kier alpha value is -2.11. The molecule has 1 heterocycles. The summed E-state index contributed by atoms with van der Waals surface area (Å²) >= 11 is 12.5. The molecule has 2 unspecified atom stereocenters. The van der Waals surface area contributed by atoms with E-state index < -0.39 is 23.8 Å². The van der Waals surface area contributed by atoms with Gasteiger partial charge in [0.1, 0.15) is 5.92 Å². The lowest BCUT2D eigenvalue weighted by Crippen LogP contribution is -2.36. The predicted octanol–water partition coefficient (Wildman–Crippen LogP) is 4.30. The third-order valence-corrected chi connectivity index (χ3v) is 4.84. The van der Waals surface area contributed by atoms with Crippen LogP contribution in [0.15, 0.2) is 47.3 Å². The van der Waals surface area contributed by atoms with Crippen LogP contribution in [0.2, 0.25) is 10.0 Å². The molecular weight excluding hydrogens is 365 g/mol. The largest absolute Gasteiger partial charge is 0.468 e. The number of allylic oxidation sites excluding steroid dienone is 1. The Balaban J connectivity index is 2.74. The number of rotatable bonds is 4. The monoisotopic (exact) mass is 381 g/mol. The van der Waals surface area contributed by atoms with Crippen molar-refractivity contribution in [3.05, 3.63) is 57.9 Å². The molecule has 1 aliphatic rings. The van der Waals surface area contributed by atoms with Crippen molar-refractivity contribution < 1.29 is 19.1 Å². The van der Waals surface area contributed by atoms with E-state index in [-0.39, 0.29) is 10.6 Å². The fraction of sp³-hybridized carbons (Fsp3) is 0.278. The Kier molecular flexibility index (Phi) is 6.03. The van der Waals surface area contributed by atoms with E-state index in [1.165, 1.54) is 7.11 Å². The van der Waals surface area contributed by atoms with Crippen LogP contribution in [0.25, 0.3) is 0 Å². The predicted molar refractivity (Wildman–Crippen MR) is 96.8 cm³/mol. The molecule has 0 saturated carbocycles. The molecule has 1 aliphatic heterocycles. The van der Waals surface area contributed by atoms with Crippen LogP contribution in [0.1, 0.15) is 25.3 Å². The van der Waals surface area contributed by atoms with E-state index in [1.807, 2.05) is 0 Å². The number of halogens is 2. The first-order valence-corrected chi connectivity index (χ1v) is 8.18. The molecule has 7 heteroatoms. The van der Waals surface area contributed by atoms with Crippen LogP contribution >= 0.6 is 23.2 Å². The summed E-state index contributed by atoms with van der Waals surface area (Å²) in [6.07, 6.45) is 1.03. The van der Waals surface area contributed by atoms with Crippen molar-refractivity contribution in [2.75, 3.05) is 7.11 Å². The first-order valence-electron chi connectivity index (χ1n) is 7.43. The summed E-state index contributed by atoms with van der Waals surface area (Å²) in [5.41, 5.74) is 1.69. The van der Waals surface area contributed by atoms with Crippen molar-refractivity contribution in [3.63, 3.8) is 0 Å². The number of esters is 2. The molecule has 0 aliphatic carbocycles. The fourth-order valence-electron chi connectivity index (χ4n) is 2.97. The van der Waals surface area contributed by atoms with E-state index in [1.54, 1.807) is 32.0 Å². The van der Waals surface area contributed by atoms with Crippen LogP contribution < -0.4 is 0 Å². The molecule has 0 bridgehead atoms. The number of nitrogens with zero attached hydrogens (tertiary/aromatic N) is 1. The third kappa shape index (κ3) is 3.62.